The molecule has 4 heterocycles. The first-order valence-corrected chi connectivity index (χ1v) is 17.4. The Labute approximate surface area is 273 Å². The van der Waals surface area contributed by atoms with Crippen LogP contribution in [0.4, 0.5) is 0 Å². The molecule has 0 spiro atoms. The van der Waals surface area contributed by atoms with E-state index in [4.69, 9.17) is 23.7 Å². The van der Waals surface area contributed by atoms with Crippen LogP contribution in [-0.2, 0) is 9.47 Å². The maximum atomic E-state index is 6.86. The second kappa shape index (κ2) is 14.9. The first-order valence-electron chi connectivity index (χ1n) is 17.4. The maximum absolute atomic E-state index is 6.86. The highest BCUT2D eigenvalue weighted by Gasteiger charge is 2.30. The van der Waals surface area contributed by atoms with Crippen molar-refractivity contribution in [2.24, 2.45) is 0 Å². The van der Waals surface area contributed by atoms with Crippen LogP contribution in [0.5, 0.6) is 17.2 Å². The highest BCUT2D eigenvalue weighted by Crippen LogP contribution is 2.48. The Bertz CT molecular complexity index is 1510. The SMILES string of the molecule is CC1=C(c2cccc(OC3CCCCO3)c2)C(c2ccc(/C=C/CN3CCCCC3)cc2)Oc2ccc(OC3CCCCO3)cc21. The zero-order chi connectivity index (χ0) is 31.1. The molecular weight excluding hydrogens is 574 g/mol. The quantitative estimate of drug-likeness (QED) is 0.238. The van der Waals surface area contributed by atoms with Crippen molar-refractivity contribution in [1.82, 2.24) is 4.90 Å². The third kappa shape index (κ3) is 7.52. The number of likely N-dealkylation sites (tertiary alicyclic amines) is 1. The van der Waals surface area contributed by atoms with E-state index in [-0.39, 0.29) is 18.7 Å². The maximum Gasteiger partial charge on any atom is 0.199 e. The first-order chi connectivity index (χ1) is 22.7. The minimum atomic E-state index is -0.270. The molecule has 3 atom stereocenters. The Hall–Kier alpha value is -3.58. The molecule has 0 N–H and O–H groups in total. The molecule has 4 aliphatic rings. The van der Waals surface area contributed by atoms with E-state index in [1.807, 2.05) is 18.2 Å². The van der Waals surface area contributed by atoms with Gasteiger partial charge in [0.15, 0.2) is 12.6 Å². The van der Waals surface area contributed by atoms with Crippen molar-refractivity contribution >= 4 is 17.2 Å². The molecule has 0 aromatic heterocycles. The molecule has 7 rings (SSSR count). The summed E-state index contributed by atoms with van der Waals surface area (Å²) in [5, 5.41) is 0. The highest BCUT2D eigenvalue weighted by atomic mass is 16.7. The summed E-state index contributed by atoms with van der Waals surface area (Å²) in [4.78, 5) is 2.54. The number of hydrogen-bond acceptors (Lipinski definition) is 6. The molecule has 0 amide bonds. The van der Waals surface area contributed by atoms with Crippen molar-refractivity contribution in [2.75, 3.05) is 32.8 Å². The molecule has 0 bridgehead atoms. The largest absolute Gasteiger partial charge is 0.480 e. The molecule has 3 fully saturated rings. The van der Waals surface area contributed by atoms with Crippen molar-refractivity contribution in [3.8, 4) is 17.2 Å². The third-order valence-electron chi connectivity index (χ3n) is 9.58. The molecule has 3 aromatic rings. The first kappa shape index (κ1) is 31.0. The van der Waals surface area contributed by atoms with Gasteiger partial charge in [-0.3, -0.25) is 4.90 Å². The number of piperidine rings is 1. The number of ether oxygens (including phenoxy) is 5. The summed E-state index contributed by atoms with van der Waals surface area (Å²) >= 11 is 0. The summed E-state index contributed by atoms with van der Waals surface area (Å²) in [6.45, 7) is 7.13. The molecule has 0 radical (unpaired) electrons. The number of benzene rings is 3. The minimum absolute atomic E-state index is 0.198. The van der Waals surface area contributed by atoms with Gasteiger partial charge in [-0.15, -0.1) is 0 Å². The predicted molar refractivity (Wildman–Crippen MR) is 183 cm³/mol. The molecule has 0 saturated carbocycles. The number of fused-ring (bicyclic) bond motifs is 1. The van der Waals surface area contributed by atoms with Gasteiger partial charge in [-0.1, -0.05) is 55.0 Å². The van der Waals surface area contributed by atoms with Gasteiger partial charge in [-0.25, -0.2) is 0 Å². The number of allylic oxidation sites excluding steroid dienone is 1. The molecule has 46 heavy (non-hydrogen) atoms. The lowest BCUT2D eigenvalue weighted by Gasteiger charge is -2.32. The van der Waals surface area contributed by atoms with E-state index in [1.165, 1.54) is 37.9 Å². The van der Waals surface area contributed by atoms with Gasteiger partial charge >= 0.3 is 0 Å². The van der Waals surface area contributed by atoms with Crippen LogP contribution in [0.3, 0.4) is 0 Å². The lowest BCUT2D eigenvalue weighted by molar-refractivity contribution is -0.106. The smallest absolute Gasteiger partial charge is 0.199 e. The van der Waals surface area contributed by atoms with Crippen LogP contribution in [0, 0.1) is 0 Å². The zero-order valence-electron chi connectivity index (χ0n) is 27.1. The Balaban J connectivity index is 1.18. The molecule has 3 aromatic carbocycles. The van der Waals surface area contributed by atoms with Crippen LogP contribution >= 0.6 is 0 Å². The Morgan fingerprint density at radius 1 is 0.761 bits per heavy atom. The van der Waals surface area contributed by atoms with E-state index in [1.54, 1.807) is 0 Å². The van der Waals surface area contributed by atoms with Crippen molar-refractivity contribution in [3.63, 3.8) is 0 Å². The summed E-state index contributed by atoms with van der Waals surface area (Å²) in [5.74, 6) is 2.48. The summed E-state index contributed by atoms with van der Waals surface area (Å²) in [6.07, 6.45) is 14.1. The summed E-state index contributed by atoms with van der Waals surface area (Å²) < 4.78 is 31.2. The Kier molecular flexibility index (Phi) is 10.0. The number of nitrogens with zero attached hydrogens (tertiary/aromatic N) is 1. The summed E-state index contributed by atoms with van der Waals surface area (Å²) in [6, 6.07) is 23.3. The molecule has 6 heteroatoms. The van der Waals surface area contributed by atoms with Gasteiger partial charge in [0.2, 0.25) is 0 Å². The second-order valence-corrected chi connectivity index (χ2v) is 13.0. The Morgan fingerprint density at radius 2 is 1.48 bits per heavy atom. The van der Waals surface area contributed by atoms with Gasteiger partial charge in [0.1, 0.15) is 23.4 Å². The lowest BCUT2D eigenvalue weighted by Crippen LogP contribution is -2.29. The molecule has 6 nitrogen and oxygen atoms in total. The van der Waals surface area contributed by atoms with E-state index in [9.17, 15) is 0 Å². The average molecular weight is 622 g/mol. The molecule has 3 saturated heterocycles. The van der Waals surface area contributed by atoms with Gasteiger partial charge in [-0.05, 0) is 111 Å². The standard InChI is InChI=1S/C40H47NO5/c1-29-35-28-34(45-38-15-4-8-26-43-38)20-21-36(35)46-40(31-18-16-30(17-19-31)11-10-24-41-22-5-2-6-23-41)39(29)32-12-9-13-33(27-32)44-37-14-3-7-25-42-37/h9-13,16-21,27-28,37-38,40H,2-8,14-15,22-26H2,1H3/b11-10+. The van der Waals surface area contributed by atoms with Crippen molar-refractivity contribution < 1.29 is 23.7 Å². The van der Waals surface area contributed by atoms with E-state index in [0.29, 0.717) is 0 Å². The molecule has 3 unspecified atom stereocenters. The van der Waals surface area contributed by atoms with Gasteiger partial charge in [0.25, 0.3) is 0 Å². The topological polar surface area (TPSA) is 49.4 Å². The van der Waals surface area contributed by atoms with Gasteiger partial charge in [0, 0.05) is 30.5 Å². The van der Waals surface area contributed by atoms with E-state index >= 15 is 0 Å². The van der Waals surface area contributed by atoms with Crippen molar-refractivity contribution in [3.05, 3.63) is 95.1 Å². The molecule has 4 aliphatic heterocycles. The minimum Gasteiger partial charge on any atom is -0.480 e. The normalized spacial score (nSPS) is 24.0. The second-order valence-electron chi connectivity index (χ2n) is 13.0. The van der Waals surface area contributed by atoms with Crippen LogP contribution < -0.4 is 14.2 Å². The lowest BCUT2D eigenvalue weighted by atomic mass is 9.86. The molecular formula is C40H47NO5. The van der Waals surface area contributed by atoms with Crippen LogP contribution in [0.15, 0.2) is 72.8 Å². The van der Waals surface area contributed by atoms with E-state index in [0.717, 1.165) is 103 Å². The monoisotopic (exact) mass is 621 g/mol. The fourth-order valence-electron chi connectivity index (χ4n) is 7.02. The average Bonchev–Trinajstić information content (AvgIpc) is 3.10. The third-order valence-corrected chi connectivity index (χ3v) is 9.58. The van der Waals surface area contributed by atoms with Crippen LogP contribution in [0.2, 0.25) is 0 Å². The molecule has 242 valence electrons. The van der Waals surface area contributed by atoms with Gasteiger partial charge in [-0.2, -0.15) is 0 Å². The summed E-state index contributed by atoms with van der Waals surface area (Å²) in [7, 11) is 0. The Morgan fingerprint density at radius 3 is 2.17 bits per heavy atom. The number of hydrogen-bond donors (Lipinski definition) is 0. The van der Waals surface area contributed by atoms with Gasteiger partial charge < -0.3 is 23.7 Å². The van der Waals surface area contributed by atoms with E-state index < -0.39 is 0 Å². The van der Waals surface area contributed by atoms with Crippen LogP contribution in [0.25, 0.3) is 17.2 Å². The number of rotatable bonds is 9. The summed E-state index contributed by atoms with van der Waals surface area (Å²) in [5.41, 5.74) is 6.73. The predicted octanol–water partition coefficient (Wildman–Crippen LogP) is 9.06. The van der Waals surface area contributed by atoms with Crippen LogP contribution in [0.1, 0.15) is 93.1 Å². The fraction of sp³-hybridized carbons (Fsp3) is 0.450. The zero-order valence-corrected chi connectivity index (χ0v) is 27.1. The van der Waals surface area contributed by atoms with Crippen LogP contribution in [-0.4, -0.2) is 50.3 Å². The van der Waals surface area contributed by atoms with Crippen molar-refractivity contribution in [2.45, 2.75) is 83.4 Å². The van der Waals surface area contributed by atoms with E-state index in [2.05, 4.69) is 72.5 Å². The molecule has 0 aliphatic carbocycles. The fourth-order valence-corrected chi connectivity index (χ4v) is 7.02. The van der Waals surface area contributed by atoms with Crippen molar-refractivity contribution in [1.29, 1.82) is 0 Å². The van der Waals surface area contributed by atoms with Gasteiger partial charge in [0.05, 0.1) is 13.2 Å². The highest BCUT2D eigenvalue weighted by molar-refractivity contribution is 5.96.